The Balaban J connectivity index is 1.71. The average molecular weight is 307 g/mol. The van der Waals surface area contributed by atoms with E-state index in [-0.39, 0.29) is 17.9 Å². The van der Waals surface area contributed by atoms with Crippen molar-refractivity contribution >= 4 is 22.4 Å². The van der Waals surface area contributed by atoms with E-state index in [0.717, 1.165) is 37.7 Å². The lowest BCUT2D eigenvalue weighted by molar-refractivity contribution is -0.122. The zero-order chi connectivity index (χ0) is 14.7. The second-order valence-electron chi connectivity index (χ2n) is 5.66. The van der Waals surface area contributed by atoms with E-state index in [2.05, 4.69) is 29.1 Å². The van der Waals surface area contributed by atoms with Crippen molar-refractivity contribution in [1.82, 2.24) is 9.88 Å². The summed E-state index contributed by atoms with van der Waals surface area (Å²) in [6.45, 7) is 3.13. The summed E-state index contributed by atoms with van der Waals surface area (Å²) in [5.41, 5.74) is 0. The van der Waals surface area contributed by atoms with Crippen molar-refractivity contribution in [2.45, 2.75) is 18.9 Å². The molecule has 0 bridgehead atoms. The van der Waals surface area contributed by atoms with Crippen LogP contribution >= 0.6 is 11.3 Å². The first kappa shape index (κ1) is 14.7. The Morgan fingerprint density at radius 2 is 2.33 bits per heavy atom. The molecular formula is C15H21N3O2S. The molecule has 3 rings (SSSR count). The lowest BCUT2D eigenvalue weighted by atomic mass is 10.1. The number of aromatic nitrogens is 1. The fourth-order valence-electron chi connectivity index (χ4n) is 2.83. The van der Waals surface area contributed by atoms with Gasteiger partial charge in [0.2, 0.25) is 5.91 Å². The predicted octanol–water partition coefficient (Wildman–Crippen LogP) is 1.77. The highest BCUT2D eigenvalue weighted by Crippen LogP contribution is 2.26. The van der Waals surface area contributed by atoms with Gasteiger partial charge < -0.3 is 9.64 Å². The van der Waals surface area contributed by atoms with Gasteiger partial charge >= 0.3 is 0 Å². The topological polar surface area (TPSA) is 45.7 Å². The summed E-state index contributed by atoms with van der Waals surface area (Å²) in [7, 11) is 2.09. The number of carbonyl (C=O) groups excluding carboxylic acids is 1. The van der Waals surface area contributed by atoms with Gasteiger partial charge in [-0.1, -0.05) is 12.2 Å². The number of likely N-dealkylation sites (N-methyl/N-ethyl adjacent to an activating group) is 1. The van der Waals surface area contributed by atoms with Crippen LogP contribution in [0.25, 0.3) is 0 Å². The number of morpholine rings is 1. The Kier molecular flexibility index (Phi) is 4.67. The number of hydrogen-bond acceptors (Lipinski definition) is 5. The zero-order valence-corrected chi connectivity index (χ0v) is 13.1. The number of anilines is 1. The molecule has 1 aliphatic carbocycles. The third kappa shape index (κ3) is 3.51. The van der Waals surface area contributed by atoms with Gasteiger partial charge in [0.05, 0.1) is 19.3 Å². The van der Waals surface area contributed by atoms with Crippen molar-refractivity contribution in [2.75, 3.05) is 38.2 Å². The van der Waals surface area contributed by atoms with E-state index in [1.54, 1.807) is 6.20 Å². The quantitative estimate of drug-likeness (QED) is 0.795. The third-order valence-corrected chi connectivity index (χ3v) is 4.80. The van der Waals surface area contributed by atoms with Gasteiger partial charge in [0.1, 0.15) is 0 Å². The molecule has 0 radical (unpaired) electrons. The van der Waals surface area contributed by atoms with E-state index in [1.807, 2.05) is 10.3 Å². The highest BCUT2D eigenvalue weighted by atomic mass is 32.1. The number of amides is 1. The SMILES string of the molecule is CN1CCO[C@@H](CN(C(=O)C2CC=CC2)c2nccs2)C1. The first-order valence-corrected chi connectivity index (χ1v) is 8.28. The molecule has 21 heavy (non-hydrogen) atoms. The monoisotopic (exact) mass is 307 g/mol. The molecule has 0 saturated carbocycles. The van der Waals surface area contributed by atoms with E-state index in [9.17, 15) is 4.79 Å². The molecule has 1 atom stereocenters. The maximum atomic E-state index is 12.8. The van der Waals surface area contributed by atoms with Crippen molar-refractivity contribution in [2.24, 2.45) is 5.92 Å². The van der Waals surface area contributed by atoms with Crippen molar-refractivity contribution < 1.29 is 9.53 Å². The second-order valence-corrected chi connectivity index (χ2v) is 6.53. The molecule has 0 spiro atoms. The predicted molar refractivity (Wildman–Crippen MR) is 83.6 cm³/mol. The Morgan fingerprint density at radius 3 is 3.00 bits per heavy atom. The lowest BCUT2D eigenvalue weighted by Gasteiger charge is -2.33. The molecule has 1 aromatic heterocycles. The molecular weight excluding hydrogens is 286 g/mol. The van der Waals surface area contributed by atoms with Crippen LogP contribution in [-0.4, -0.2) is 55.2 Å². The van der Waals surface area contributed by atoms with Crippen LogP contribution < -0.4 is 4.90 Å². The van der Waals surface area contributed by atoms with Gasteiger partial charge in [0.25, 0.3) is 0 Å². The summed E-state index contributed by atoms with van der Waals surface area (Å²) in [6, 6.07) is 0. The van der Waals surface area contributed by atoms with Crippen LogP contribution in [0.5, 0.6) is 0 Å². The molecule has 1 amide bonds. The molecule has 0 N–H and O–H groups in total. The smallest absolute Gasteiger partial charge is 0.232 e. The Labute approximate surface area is 129 Å². The van der Waals surface area contributed by atoms with Crippen LogP contribution in [0.15, 0.2) is 23.7 Å². The lowest BCUT2D eigenvalue weighted by Crippen LogP contribution is -2.48. The number of thiazole rings is 1. The second kappa shape index (κ2) is 6.68. The van der Waals surface area contributed by atoms with Gasteiger partial charge in [0.15, 0.2) is 5.13 Å². The molecule has 1 aliphatic heterocycles. The van der Waals surface area contributed by atoms with Gasteiger partial charge in [-0.3, -0.25) is 9.69 Å². The normalized spacial score (nSPS) is 23.6. The van der Waals surface area contributed by atoms with Gasteiger partial charge in [-0.15, -0.1) is 11.3 Å². The minimum atomic E-state index is 0.0611. The molecule has 1 saturated heterocycles. The molecule has 6 heteroatoms. The van der Waals surface area contributed by atoms with Crippen LogP contribution in [0, 0.1) is 5.92 Å². The van der Waals surface area contributed by atoms with Crippen molar-refractivity contribution in [3.05, 3.63) is 23.7 Å². The Morgan fingerprint density at radius 1 is 1.52 bits per heavy atom. The first-order chi connectivity index (χ1) is 10.2. The van der Waals surface area contributed by atoms with Crippen molar-refractivity contribution in [3.8, 4) is 0 Å². The number of carbonyl (C=O) groups is 1. The van der Waals surface area contributed by atoms with Crippen LogP contribution in [-0.2, 0) is 9.53 Å². The first-order valence-electron chi connectivity index (χ1n) is 7.40. The maximum absolute atomic E-state index is 12.8. The van der Waals surface area contributed by atoms with Gasteiger partial charge in [-0.05, 0) is 19.9 Å². The minimum Gasteiger partial charge on any atom is -0.374 e. The molecule has 2 heterocycles. The highest BCUT2D eigenvalue weighted by molar-refractivity contribution is 7.13. The van der Waals surface area contributed by atoms with Crippen LogP contribution in [0.2, 0.25) is 0 Å². The fourth-order valence-corrected chi connectivity index (χ4v) is 3.49. The van der Waals surface area contributed by atoms with Gasteiger partial charge in [0, 0.05) is 30.6 Å². The van der Waals surface area contributed by atoms with Crippen LogP contribution in [0.1, 0.15) is 12.8 Å². The summed E-state index contributed by atoms with van der Waals surface area (Å²) in [5, 5.41) is 2.69. The largest absolute Gasteiger partial charge is 0.374 e. The van der Waals surface area contributed by atoms with Crippen molar-refractivity contribution in [3.63, 3.8) is 0 Å². The van der Waals surface area contributed by atoms with E-state index >= 15 is 0 Å². The minimum absolute atomic E-state index is 0.0611. The Bertz CT molecular complexity index is 495. The van der Waals surface area contributed by atoms with E-state index in [0.29, 0.717) is 6.54 Å². The fraction of sp³-hybridized carbons (Fsp3) is 0.600. The summed E-state index contributed by atoms with van der Waals surface area (Å²) in [5.74, 6) is 0.238. The summed E-state index contributed by atoms with van der Waals surface area (Å²) in [4.78, 5) is 21.2. The summed E-state index contributed by atoms with van der Waals surface area (Å²) in [6.07, 6.45) is 7.67. The van der Waals surface area contributed by atoms with Crippen molar-refractivity contribution in [1.29, 1.82) is 0 Å². The summed E-state index contributed by atoms with van der Waals surface area (Å²) < 4.78 is 5.82. The van der Waals surface area contributed by atoms with Crippen LogP contribution in [0.3, 0.4) is 0 Å². The van der Waals surface area contributed by atoms with Gasteiger partial charge in [-0.25, -0.2) is 4.98 Å². The van der Waals surface area contributed by atoms with E-state index < -0.39 is 0 Å². The molecule has 1 aromatic rings. The number of hydrogen-bond donors (Lipinski definition) is 0. The van der Waals surface area contributed by atoms with Crippen LogP contribution in [0.4, 0.5) is 5.13 Å². The van der Waals surface area contributed by atoms with E-state index in [4.69, 9.17) is 4.74 Å². The molecule has 2 aliphatic rings. The molecule has 0 unspecified atom stereocenters. The molecule has 1 fully saturated rings. The maximum Gasteiger partial charge on any atom is 0.232 e. The number of allylic oxidation sites excluding steroid dienone is 2. The molecule has 5 nitrogen and oxygen atoms in total. The van der Waals surface area contributed by atoms with E-state index in [1.165, 1.54) is 11.3 Å². The summed E-state index contributed by atoms with van der Waals surface area (Å²) >= 11 is 1.51. The average Bonchev–Trinajstić information content (AvgIpc) is 3.17. The third-order valence-electron chi connectivity index (χ3n) is 4.00. The number of ether oxygens (including phenoxy) is 1. The number of rotatable bonds is 4. The highest BCUT2D eigenvalue weighted by Gasteiger charge is 2.30. The van der Waals surface area contributed by atoms with Gasteiger partial charge in [-0.2, -0.15) is 0 Å². The molecule has 114 valence electrons. The number of nitrogens with zero attached hydrogens (tertiary/aromatic N) is 3. The standard InChI is InChI=1S/C15H21N3O2S/c1-17-7-8-20-13(10-17)11-18(15-16-6-9-21-15)14(19)12-4-2-3-5-12/h2-3,6,9,12-13H,4-5,7-8,10-11H2,1H3/t13-/m1/s1. The zero-order valence-electron chi connectivity index (χ0n) is 12.3. The molecule has 0 aromatic carbocycles. The Hall–Kier alpha value is -1.24.